The van der Waals surface area contributed by atoms with E-state index in [4.69, 9.17) is 4.74 Å². The topological polar surface area (TPSA) is 92.7 Å². The minimum absolute atomic E-state index is 0.330. The van der Waals surface area contributed by atoms with E-state index in [2.05, 4.69) is 5.32 Å². The lowest BCUT2D eigenvalue weighted by atomic mass is 9.78. The number of aliphatic carboxylic acids is 1. The highest BCUT2D eigenvalue weighted by molar-refractivity contribution is 7.17. The number of carboxylic acids is 1. The molecule has 0 aliphatic heterocycles. The van der Waals surface area contributed by atoms with Gasteiger partial charge in [0.1, 0.15) is 10.6 Å². The maximum Gasteiger partial charge on any atom is 0.341 e. The van der Waals surface area contributed by atoms with Crippen LogP contribution in [0, 0.1) is 11.8 Å². The summed E-state index contributed by atoms with van der Waals surface area (Å²) in [5.74, 6) is -3.09. The predicted octanol–water partition coefficient (Wildman–Crippen LogP) is 4.59. The fraction of sp³-hybridized carbons (Fsp3) is 0.409. The van der Waals surface area contributed by atoms with Crippen molar-refractivity contribution < 1.29 is 24.2 Å². The van der Waals surface area contributed by atoms with Gasteiger partial charge in [-0.15, -0.1) is 11.3 Å². The zero-order valence-corrected chi connectivity index (χ0v) is 17.4. The van der Waals surface area contributed by atoms with Gasteiger partial charge >= 0.3 is 11.9 Å². The first-order chi connectivity index (χ1) is 14.0. The number of hydrogen-bond donors (Lipinski definition) is 2. The lowest BCUT2D eigenvalue weighted by Crippen LogP contribution is -2.36. The van der Waals surface area contributed by atoms with Crippen molar-refractivity contribution in [3.05, 3.63) is 40.8 Å². The molecule has 29 heavy (non-hydrogen) atoms. The quantitative estimate of drug-likeness (QED) is 0.673. The minimum atomic E-state index is -0.941. The first-order valence-corrected chi connectivity index (χ1v) is 10.6. The molecule has 7 heteroatoms. The Labute approximate surface area is 173 Å². The molecule has 0 saturated heterocycles. The molecule has 1 fully saturated rings. The van der Waals surface area contributed by atoms with Crippen molar-refractivity contribution in [2.45, 2.75) is 39.0 Å². The lowest BCUT2D eigenvalue weighted by Gasteiger charge is -2.27. The smallest absolute Gasteiger partial charge is 0.341 e. The molecule has 154 valence electrons. The number of anilines is 1. The Morgan fingerprint density at radius 1 is 1.14 bits per heavy atom. The average molecular weight is 416 g/mol. The van der Waals surface area contributed by atoms with E-state index >= 15 is 0 Å². The Hall–Kier alpha value is -2.67. The number of amides is 1. The number of aryl methyl sites for hydroxylation is 1. The second-order valence-corrected chi connectivity index (χ2v) is 8.25. The molecule has 0 unspecified atom stereocenters. The van der Waals surface area contributed by atoms with Crippen LogP contribution < -0.4 is 5.32 Å². The second kappa shape index (κ2) is 9.22. The van der Waals surface area contributed by atoms with Crippen LogP contribution in [0.3, 0.4) is 0 Å². The number of benzene rings is 1. The van der Waals surface area contributed by atoms with Gasteiger partial charge < -0.3 is 15.2 Å². The summed E-state index contributed by atoms with van der Waals surface area (Å²) in [5.41, 5.74) is 1.97. The van der Waals surface area contributed by atoms with E-state index < -0.39 is 23.8 Å². The molecule has 0 spiro atoms. The highest BCUT2D eigenvalue weighted by Gasteiger charge is 2.37. The third-order valence-electron chi connectivity index (χ3n) is 5.41. The summed E-state index contributed by atoms with van der Waals surface area (Å²) in [5, 5.41) is 12.8. The fourth-order valence-corrected chi connectivity index (χ4v) is 5.12. The molecule has 1 amide bonds. The van der Waals surface area contributed by atoms with Crippen LogP contribution in [0.15, 0.2) is 30.3 Å². The maximum absolute atomic E-state index is 13.0. The summed E-state index contributed by atoms with van der Waals surface area (Å²) in [6.45, 7) is 1.99. The molecule has 1 aromatic heterocycles. The van der Waals surface area contributed by atoms with Gasteiger partial charge in [0, 0.05) is 10.4 Å². The second-order valence-electron chi connectivity index (χ2n) is 7.14. The summed E-state index contributed by atoms with van der Waals surface area (Å²) in [4.78, 5) is 38.1. The van der Waals surface area contributed by atoms with Crippen LogP contribution in [0.4, 0.5) is 5.00 Å². The number of esters is 1. The number of carboxylic acid groups (broad SMARTS) is 1. The molecule has 1 aromatic carbocycles. The van der Waals surface area contributed by atoms with Crippen molar-refractivity contribution in [1.29, 1.82) is 0 Å². The van der Waals surface area contributed by atoms with Crippen molar-refractivity contribution in [2.75, 3.05) is 12.4 Å². The fourth-order valence-electron chi connectivity index (χ4n) is 3.97. The number of thiophene rings is 1. The van der Waals surface area contributed by atoms with Crippen LogP contribution in [-0.2, 0) is 20.7 Å². The van der Waals surface area contributed by atoms with E-state index in [1.165, 1.54) is 18.4 Å². The minimum Gasteiger partial charge on any atom is -0.481 e. The first-order valence-electron chi connectivity index (χ1n) is 9.81. The molecule has 0 bridgehead atoms. The summed E-state index contributed by atoms with van der Waals surface area (Å²) < 4.78 is 5.01. The Morgan fingerprint density at radius 3 is 2.38 bits per heavy atom. The molecule has 1 saturated carbocycles. The van der Waals surface area contributed by atoms with Crippen LogP contribution in [0.1, 0.15) is 47.8 Å². The summed E-state index contributed by atoms with van der Waals surface area (Å²) in [6.07, 6.45) is 3.36. The molecule has 1 aliphatic carbocycles. The molecule has 1 aliphatic rings. The molecular formula is C22H25NO5S. The highest BCUT2D eigenvalue weighted by atomic mass is 32.1. The van der Waals surface area contributed by atoms with Crippen LogP contribution in [0.25, 0.3) is 11.1 Å². The van der Waals surface area contributed by atoms with Crippen molar-refractivity contribution in [2.24, 2.45) is 11.8 Å². The van der Waals surface area contributed by atoms with Gasteiger partial charge in [0.05, 0.1) is 18.9 Å². The van der Waals surface area contributed by atoms with Gasteiger partial charge in [0.2, 0.25) is 5.91 Å². The van der Waals surface area contributed by atoms with Crippen LogP contribution >= 0.6 is 11.3 Å². The Bertz CT molecular complexity index is 905. The molecule has 6 nitrogen and oxygen atoms in total. The van der Waals surface area contributed by atoms with Crippen molar-refractivity contribution in [3.8, 4) is 11.1 Å². The molecule has 1 heterocycles. The SMILES string of the molecule is CCc1sc(NC(=O)[C@H]2CCCC[C@H]2C(=O)O)c(C(=O)OC)c1-c1ccccc1. The number of carbonyl (C=O) groups excluding carboxylic acids is 2. The Kier molecular flexibility index (Phi) is 6.69. The molecule has 2 N–H and O–H groups in total. The van der Waals surface area contributed by atoms with Gasteiger partial charge in [-0.3, -0.25) is 9.59 Å². The van der Waals surface area contributed by atoms with Crippen molar-refractivity contribution >= 4 is 34.2 Å². The predicted molar refractivity (Wildman–Crippen MR) is 112 cm³/mol. The number of nitrogens with one attached hydrogen (secondary N) is 1. The third kappa shape index (κ3) is 4.34. The summed E-state index contributed by atoms with van der Waals surface area (Å²) in [7, 11) is 1.31. The number of methoxy groups -OCH3 is 1. The van der Waals surface area contributed by atoms with Crippen LogP contribution in [0.5, 0.6) is 0 Å². The van der Waals surface area contributed by atoms with Gasteiger partial charge in [-0.25, -0.2) is 4.79 Å². The summed E-state index contributed by atoms with van der Waals surface area (Å²) >= 11 is 1.35. The zero-order valence-electron chi connectivity index (χ0n) is 16.6. The van der Waals surface area contributed by atoms with E-state index in [0.29, 0.717) is 29.8 Å². The van der Waals surface area contributed by atoms with E-state index in [9.17, 15) is 19.5 Å². The Balaban J connectivity index is 2.01. The van der Waals surface area contributed by atoms with Gasteiger partial charge in [-0.1, -0.05) is 50.1 Å². The van der Waals surface area contributed by atoms with E-state index in [0.717, 1.165) is 28.8 Å². The maximum atomic E-state index is 13.0. The van der Waals surface area contributed by atoms with E-state index in [1.807, 2.05) is 37.3 Å². The number of hydrogen-bond acceptors (Lipinski definition) is 5. The Morgan fingerprint density at radius 2 is 1.79 bits per heavy atom. The number of carbonyl (C=O) groups is 3. The third-order valence-corrected chi connectivity index (χ3v) is 6.66. The van der Waals surface area contributed by atoms with Crippen molar-refractivity contribution in [1.82, 2.24) is 0 Å². The highest BCUT2D eigenvalue weighted by Crippen LogP contribution is 2.42. The number of rotatable bonds is 6. The van der Waals surface area contributed by atoms with Crippen LogP contribution in [0.2, 0.25) is 0 Å². The number of ether oxygens (including phenoxy) is 1. The first kappa shape index (κ1) is 21.0. The monoisotopic (exact) mass is 415 g/mol. The molecule has 2 atom stereocenters. The van der Waals surface area contributed by atoms with Crippen LogP contribution in [-0.4, -0.2) is 30.1 Å². The standard InChI is InChI=1S/C22H25NO5S/c1-3-16-17(13-9-5-4-6-10-13)18(22(27)28-2)20(29-16)23-19(24)14-11-7-8-12-15(14)21(25)26/h4-6,9-10,14-15H,3,7-8,11-12H2,1-2H3,(H,23,24)(H,25,26)/t14-,15+/m0/s1. The normalized spacial score (nSPS) is 18.8. The van der Waals surface area contributed by atoms with E-state index in [1.54, 1.807) is 0 Å². The zero-order chi connectivity index (χ0) is 21.0. The van der Waals surface area contributed by atoms with Gasteiger partial charge in [0.25, 0.3) is 0 Å². The van der Waals surface area contributed by atoms with Gasteiger partial charge in [0.15, 0.2) is 0 Å². The van der Waals surface area contributed by atoms with Gasteiger partial charge in [-0.05, 0) is 24.8 Å². The van der Waals surface area contributed by atoms with E-state index in [-0.39, 0.29) is 5.91 Å². The van der Waals surface area contributed by atoms with Crippen molar-refractivity contribution in [3.63, 3.8) is 0 Å². The molecule has 2 aromatic rings. The average Bonchev–Trinajstić information content (AvgIpc) is 3.11. The molecule has 0 radical (unpaired) electrons. The summed E-state index contributed by atoms with van der Waals surface area (Å²) in [6, 6.07) is 9.52. The largest absolute Gasteiger partial charge is 0.481 e. The lowest BCUT2D eigenvalue weighted by molar-refractivity contribution is -0.147. The van der Waals surface area contributed by atoms with Gasteiger partial charge in [-0.2, -0.15) is 0 Å². The molecular weight excluding hydrogens is 390 g/mol. The molecule has 3 rings (SSSR count).